The van der Waals surface area contributed by atoms with E-state index in [9.17, 15) is 14.4 Å². The first-order chi connectivity index (χ1) is 13.7. The maximum Gasteiger partial charge on any atom is 0.429 e. The van der Waals surface area contributed by atoms with Crippen molar-refractivity contribution in [1.82, 2.24) is 10.4 Å². The van der Waals surface area contributed by atoms with E-state index >= 15 is 0 Å². The normalized spacial score (nSPS) is 14.2. The van der Waals surface area contributed by atoms with Crippen molar-refractivity contribution in [3.8, 4) is 0 Å². The predicted octanol–water partition coefficient (Wildman–Crippen LogP) is 6.08. The second kappa shape index (κ2) is 10.7. The zero-order chi connectivity index (χ0) is 24.8. The summed E-state index contributed by atoms with van der Waals surface area (Å²) < 4.78 is 10.4. The van der Waals surface area contributed by atoms with Crippen molar-refractivity contribution in [2.24, 2.45) is 5.41 Å². The fraction of sp³-hybridized carbons (Fsp3) is 0.783. The molecule has 0 saturated carbocycles. The number of nitrogens with one attached hydrogen (secondary N) is 1. The maximum absolute atomic E-state index is 12.8. The van der Waals surface area contributed by atoms with Gasteiger partial charge in [-0.25, -0.2) is 20.0 Å². The van der Waals surface area contributed by atoms with Gasteiger partial charge < -0.3 is 9.47 Å². The van der Waals surface area contributed by atoms with Gasteiger partial charge in [0.1, 0.15) is 11.2 Å². The van der Waals surface area contributed by atoms with Gasteiger partial charge in [0, 0.05) is 4.75 Å². The number of hydrazine groups is 1. The molecule has 0 fully saturated rings. The Balaban J connectivity index is 5.63. The van der Waals surface area contributed by atoms with Crippen molar-refractivity contribution in [1.29, 1.82) is 0 Å². The van der Waals surface area contributed by atoms with E-state index in [0.29, 0.717) is 6.42 Å². The van der Waals surface area contributed by atoms with Gasteiger partial charge in [-0.15, -0.1) is 0 Å². The van der Waals surface area contributed by atoms with Crippen LogP contribution in [-0.2, 0) is 14.3 Å². The highest BCUT2D eigenvalue weighted by atomic mass is 32.2. The Kier molecular flexibility index (Phi) is 10.2. The highest BCUT2D eigenvalue weighted by Crippen LogP contribution is 2.41. The maximum atomic E-state index is 12.8. The molecule has 0 aromatic heterocycles. The zero-order valence-corrected chi connectivity index (χ0v) is 22.2. The molecule has 2 amide bonds. The third kappa shape index (κ3) is 11.5. The molecular formula is C23H42N2O5S. The number of hydrogen-bond acceptors (Lipinski definition) is 6. The van der Waals surface area contributed by atoms with Crippen molar-refractivity contribution in [3.05, 3.63) is 12.2 Å². The van der Waals surface area contributed by atoms with Gasteiger partial charge in [-0.2, -0.15) is 0 Å². The van der Waals surface area contributed by atoms with E-state index in [1.54, 1.807) is 47.6 Å². The minimum absolute atomic E-state index is 0.0772. The summed E-state index contributed by atoms with van der Waals surface area (Å²) in [5.41, 5.74) is 0.910. The Hall–Kier alpha value is -1.70. The standard InChI is InChI=1S/C23H42N2O5S/c1-13-16(14-15-17(26)31-23(11,12)20(2,3)4)25(19(28)30-22(8,9)10)24-18(27)29-21(5,6)7/h14-16H,13H2,1-12H3,(H,24,27)/b15-14+/t16-/m1/s1. The molecule has 0 aliphatic carbocycles. The van der Waals surface area contributed by atoms with E-state index in [1.165, 1.54) is 17.8 Å². The average molecular weight is 459 g/mol. The molecule has 0 rings (SSSR count). The van der Waals surface area contributed by atoms with Crippen LogP contribution in [0.5, 0.6) is 0 Å². The van der Waals surface area contributed by atoms with Crippen LogP contribution in [0.4, 0.5) is 9.59 Å². The average Bonchev–Trinajstić information content (AvgIpc) is 2.49. The lowest BCUT2D eigenvalue weighted by molar-refractivity contribution is -0.107. The summed E-state index contributed by atoms with van der Waals surface area (Å²) in [5.74, 6) is 0. The smallest absolute Gasteiger partial charge is 0.429 e. The van der Waals surface area contributed by atoms with Gasteiger partial charge in [-0.3, -0.25) is 4.79 Å². The second-order valence-corrected chi connectivity index (χ2v) is 12.6. The number of amides is 2. The molecule has 0 bridgehead atoms. The largest absolute Gasteiger partial charge is 0.443 e. The Bertz CT molecular complexity index is 667. The number of nitrogens with zero attached hydrogens (tertiary/aromatic N) is 1. The third-order valence-corrected chi connectivity index (χ3v) is 6.03. The summed E-state index contributed by atoms with van der Waals surface area (Å²) >= 11 is 1.24. The lowest BCUT2D eigenvalue weighted by Gasteiger charge is -2.37. The quantitative estimate of drug-likeness (QED) is 0.397. The number of thioether (sulfide) groups is 1. The molecule has 8 heteroatoms. The van der Waals surface area contributed by atoms with Crippen LogP contribution >= 0.6 is 11.8 Å². The first kappa shape index (κ1) is 29.3. The molecule has 0 aliphatic heterocycles. The van der Waals surface area contributed by atoms with E-state index in [2.05, 4.69) is 26.2 Å². The molecule has 0 aliphatic rings. The van der Waals surface area contributed by atoms with E-state index < -0.39 is 29.4 Å². The Morgan fingerprint density at radius 2 is 1.39 bits per heavy atom. The summed E-state index contributed by atoms with van der Waals surface area (Å²) in [5, 5.41) is 0.947. The topological polar surface area (TPSA) is 84.9 Å². The Morgan fingerprint density at radius 1 is 0.903 bits per heavy atom. The molecule has 31 heavy (non-hydrogen) atoms. The number of rotatable bonds is 5. The van der Waals surface area contributed by atoms with E-state index in [1.807, 2.05) is 20.8 Å². The zero-order valence-electron chi connectivity index (χ0n) is 21.3. The first-order valence-electron chi connectivity index (χ1n) is 10.6. The van der Waals surface area contributed by atoms with E-state index in [0.717, 1.165) is 5.01 Å². The molecule has 1 atom stereocenters. The lowest BCUT2D eigenvalue weighted by Crippen LogP contribution is -2.53. The van der Waals surface area contributed by atoms with Gasteiger partial charge >= 0.3 is 12.2 Å². The van der Waals surface area contributed by atoms with Crippen LogP contribution in [0.3, 0.4) is 0 Å². The van der Waals surface area contributed by atoms with E-state index in [4.69, 9.17) is 9.47 Å². The molecular weight excluding hydrogens is 416 g/mol. The third-order valence-electron chi connectivity index (χ3n) is 4.57. The SMILES string of the molecule is CC[C@H](/C=C/C(=O)SC(C)(C)C(C)(C)C)N(NC(=O)OC(C)(C)C)C(=O)OC(C)(C)C. The Labute approximate surface area is 192 Å². The molecule has 0 saturated heterocycles. The van der Waals surface area contributed by atoms with Gasteiger partial charge in [0.25, 0.3) is 0 Å². The summed E-state index contributed by atoms with van der Waals surface area (Å²) in [6.07, 6.45) is 1.99. The van der Waals surface area contributed by atoms with Crippen LogP contribution in [0, 0.1) is 5.41 Å². The lowest BCUT2D eigenvalue weighted by atomic mass is 9.83. The van der Waals surface area contributed by atoms with Gasteiger partial charge in [-0.1, -0.05) is 45.5 Å². The van der Waals surface area contributed by atoms with Crippen LogP contribution < -0.4 is 5.43 Å². The summed E-state index contributed by atoms with van der Waals surface area (Å²) in [4.78, 5) is 37.7. The minimum atomic E-state index is -0.778. The van der Waals surface area contributed by atoms with Crippen molar-refractivity contribution in [3.63, 3.8) is 0 Å². The van der Waals surface area contributed by atoms with Crippen LogP contribution in [0.2, 0.25) is 0 Å². The van der Waals surface area contributed by atoms with Crippen molar-refractivity contribution < 1.29 is 23.9 Å². The molecule has 180 valence electrons. The molecule has 1 N–H and O–H groups in total. The monoisotopic (exact) mass is 458 g/mol. The molecule has 0 aromatic carbocycles. The van der Waals surface area contributed by atoms with Crippen molar-refractivity contribution in [2.45, 2.75) is 111 Å². The summed E-state index contributed by atoms with van der Waals surface area (Å²) in [6.45, 7) is 22.6. The van der Waals surface area contributed by atoms with Crippen LogP contribution in [0.15, 0.2) is 12.2 Å². The van der Waals surface area contributed by atoms with Gasteiger partial charge in [0.05, 0.1) is 6.04 Å². The van der Waals surface area contributed by atoms with Crippen LogP contribution in [0.25, 0.3) is 0 Å². The van der Waals surface area contributed by atoms with Crippen LogP contribution in [0.1, 0.15) is 89.5 Å². The molecule has 7 nitrogen and oxygen atoms in total. The number of hydrogen-bond donors (Lipinski definition) is 1. The highest BCUT2D eigenvalue weighted by molar-refractivity contribution is 8.15. The highest BCUT2D eigenvalue weighted by Gasteiger charge is 2.35. The van der Waals surface area contributed by atoms with Gasteiger partial charge in [0.2, 0.25) is 5.12 Å². The second-order valence-electron chi connectivity index (χ2n) is 11.0. The minimum Gasteiger partial charge on any atom is -0.443 e. The number of carbonyl (C=O) groups excluding carboxylic acids is 3. The molecule has 0 heterocycles. The first-order valence-corrected chi connectivity index (χ1v) is 11.4. The summed E-state index contributed by atoms with van der Waals surface area (Å²) in [7, 11) is 0. The summed E-state index contributed by atoms with van der Waals surface area (Å²) in [6, 6.07) is -0.593. The number of carbonyl (C=O) groups is 3. The van der Waals surface area contributed by atoms with Gasteiger partial charge in [-0.05, 0) is 73.3 Å². The molecule has 0 aromatic rings. The fourth-order valence-electron chi connectivity index (χ4n) is 2.01. The Morgan fingerprint density at radius 3 is 1.77 bits per heavy atom. The molecule has 0 spiro atoms. The molecule has 0 unspecified atom stereocenters. The predicted molar refractivity (Wildman–Crippen MR) is 127 cm³/mol. The van der Waals surface area contributed by atoms with Crippen molar-refractivity contribution >= 4 is 29.1 Å². The molecule has 0 radical (unpaired) electrons. The van der Waals surface area contributed by atoms with Gasteiger partial charge in [0.15, 0.2) is 0 Å². The van der Waals surface area contributed by atoms with Crippen LogP contribution in [-0.4, -0.2) is 44.3 Å². The fourth-order valence-corrected chi connectivity index (χ4v) is 2.96. The van der Waals surface area contributed by atoms with Crippen molar-refractivity contribution in [2.75, 3.05) is 0 Å². The van der Waals surface area contributed by atoms with E-state index in [-0.39, 0.29) is 15.3 Å². The number of ether oxygens (including phenoxy) is 2.